The van der Waals surface area contributed by atoms with Crippen LogP contribution >= 0.6 is 35.0 Å². The number of fused-ring (bicyclic) bond motifs is 1. The lowest BCUT2D eigenvalue weighted by Gasteiger charge is -2.19. The molecule has 0 aliphatic rings. The number of hydrogen-bond acceptors (Lipinski definition) is 4. The molecule has 0 unspecified atom stereocenters. The number of halogens is 2. The summed E-state index contributed by atoms with van der Waals surface area (Å²) in [5.74, 6) is -0.0316. The monoisotopic (exact) mass is 459 g/mol. The molecule has 0 aliphatic carbocycles. The molecular formula is C22H19Cl2N3O2S. The molecule has 8 heteroatoms. The first-order valence-electron chi connectivity index (χ1n) is 9.06. The minimum absolute atomic E-state index is 0.0879. The molecule has 2 aromatic carbocycles. The van der Waals surface area contributed by atoms with Crippen LogP contribution in [-0.4, -0.2) is 39.2 Å². The molecular weight excluding hydrogens is 441 g/mol. The Morgan fingerprint density at radius 2 is 1.83 bits per heavy atom. The van der Waals surface area contributed by atoms with Crippen LogP contribution in [0.25, 0.3) is 16.6 Å². The van der Waals surface area contributed by atoms with Gasteiger partial charge < -0.3 is 4.90 Å². The van der Waals surface area contributed by atoms with Crippen molar-refractivity contribution in [3.63, 3.8) is 0 Å². The summed E-state index contributed by atoms with van der Waals surface area (Å²) in [6.07, 6.45) is 3.31. The van der Waals surface area contributed by atoms with Crippen molar-refractivity contribution < 1.29 is 4.79 Å². The van der Waals surface area contributed by atoms with Crippen LogP contribution in [0.15, 0.2) is 77.7 Å². The molecule has 1 amide bonds. The van der Waals surface area contributed by atoms with Crippen LogP contribution in [-0.2, 0) is 4.79 Å². The Hall–Kier alpha value is -2.54. The van der Waals surface area contributed by atoms with Crippen LogP contribution in [0.1, 0.15) is 0 Å². The summed E-state index contributed by atoms with van der Waals surface area (Å²) in [6, 6.07) is 11.9. The van der Waals surface area contributed by atoms with E-state index in [9.17, 15) is 9.59 Å². The summed E-state index contributed by atoms with van der Waals surface area (Å²) in [5, 5.41) is 1.59. The topological polar surface area (TPSA) is 55.2 Å². The molecule has 3 rings (SSSR count). The maximum atomic E-state index is 13.3. The lowest BCUT2D eigenvalue weighted by molar-refractivity contribution is -0.127. The largest absolute Gasteiger partial charge is 0.335 e. The molecule has 0 N–H and O–H groups in total. The van der Waals surface area contributed by atoms with E-state index in [-0.39, 0.29) is 17.2 Å². The van der Waals surface area contributed by atoms with E-state index in [0.29, 0.717) is 44.9 Å². The number of amides is 1. The average molecular weight is 460 g/mol. The molecule has 0 radical (unpaired) electrons. The predicted octanol–water partition coefficient (Wildman–Crippen LogP) is 4.99. The summed E-state index contributed by atoms with van der Waals surface area (Å²) in [5.41, 5.74) is 0.672. The number of thioether (sulfide) groups is 1. The Morgan fingerprint density at radius 1 is 1.13 bits per heavy atom. The van der Waals surface area contributed by atoms with E-state index < -0.39 is 0 Å². The van der Waals surface area contributed by atoms with Gasteiger partial charge in [0.1, 0.15) is 0 Å². The van der Waals surface area contributed by atoms with Gasteiger partial charge in [0.25, 0.3) is 5.56 Å². The minimum Gasteiger partial charge on any atom is -0.335 e. The third-order valence-corrected chi connectivity index (χ3v) is 5.75. The zero-order valence-corrected chi connectivity index (χ0v) is 18.4. The summed E-state index contributed by atoms with van der Waals surface area (Å²) >= 11 is 13.7. The first-order valence-corrected chi connectivity index (χ1v) is 10.8. The van der Waals surface area contributed by atoms with Gasteiger partial charge in [-0.2, -0.15) is 0 Å². The highest BCUT2D eigenvalue weighted by molar-refractivity contribution is 7.99. The number of nitrogens with zero attached hydrogens (tertiary/aromatic N) is 3. The van der Waals surface area contributed by atoms with Crippen molar-refractivity contribution in [2.75, 3.05) is 18.8 Å². The van der Waals surface area contributed by atoms with E-state index >= 15 is 0 Å². The van der Waals surface area contributed by atoms with Crippen LogP contribution in [0.2, 0.25) is 10.0 Å². The Balaban J connectivity index is 2.08. The number of carbonyl (C=O) groups excluding carboxylic acids is 1. The Bertz CT molecular complexity index is 1170. The molecule has 0 saturated carbocycles. The van der Waals surface area contributed by atoms with E-state index in [0.717, 1.165) is 11.8 Å². The molecule has 154 valence electrons. The van der Waals surface area contributed by atoms with Gasteiger partial charge in [-0.05, 0) is 30.3 Å². The number of carbonyl (C=O) groups is 1. The van der Waals surface area contributed by atoms with Gasteiger partial charge in [0.2, 0.25) is 5.91 Å². The second-order valence-corrected chi connectivity index (χ2v) is 8.10. The van der Waals surface area contributed by atoms with Crippen LogP contribution in [0, 0.1) is 0 Å². The normalized spacial score (nSPS) is 10.7. The van der Waals surface area contributed by atoms with Crippen LogP contribution in [0.4, 0.5) is 0 Å². The SMILES string of the molecule is C=CCN(CC=C)C(=O)CSc1nc2ccccc2c(=O)n1-c1cc(Cl)ccc1Cl. The van der Waals surface area contributed by atoms with Crippen molar-refractivity contribution in [3.8, 4) is 5.69 Å². The Labute approximate surface area is 188 Å². The number of aromatic nitrogens is 2. The Kier molecular flexibility index (Phi) is 7.37. The lowest BCUT2D eigenvalue weighted by Crippen LogP contribution is -2.33. The van der Waals surface area contributed by atoms with E-state index in [1.54, 1.807) is 59.5 Å². The zero-order valence-electron chi connectivity index (χ0n) is 16.1. The van der Waals surface area contributed by atoms with E-state index in [1.165, 1.54) is 4.57 Å². The van der Waals surface area contributed by atoms with E-state index in [4.69, 9.17) is 23.2 Å². The molecule has 5 nitrogen and oxygen atoms in total. The fourth-order valence-electron chi connectivity index (χ4n) is 2.89. The molecule has 1 aromatic heterocycles. The molecule has 3 aromatic rings. The predicted molar refractivity (Wildman–Crippen MR) is 125 cm³/mol. The van der Waals surface area contributed by atoms with Crippen molar-refractivity contribution in [2.45, 2.75) is 5.16 Å². The standard InChI is InChI=1S/C22H19Cl2N3O2S/c1-3-11-26(12-4-2)20(28)14-30-22-25-18-8-6-5-7-16(18)21(29)27(22)19-13-15(23)9-10-17(19)24/h3-10,13H,1-2,11-12,14H2. The third-order valence-electron chi connectivity index (χ3n) is 4.27. The second kappa shape index (κ2) is 9.98. The third kappa shape index (κ3) is 4.78. The molecule has 0 atom stereocenters. The van der Waals surface area contributed by atoms with E-state index in [1.807, 2.05) is 0 Å². The molecule has 30 heavy (non-hydrogen) atoms. The van der Waals surface area contributed by atoms with Gasteiger partial charge in [0.05, 0.1) is 27.4 Å². The fraction of sp³-hybridized carbons (Fsp3) is 0.136. The smallest absolute Gasteiger partial charge is 0.266 e. The van der Waals surface area contributed by atoms with Crippen molar-refractivity contribution in [2.24, 2.45) is 0 Å². The molecule has 0 spiro atoms. The van der Waals surface area contributed by atoms with Gasteiger partial charge in [0.15, 0.2) is 5.16 Å². The van der Waals surface area contributed by atoms with E-state index in [2.05, 4.69) is 18.1 Å². The summed E-state index contributed by atoms with van der Waals surface area (Å²) in [6.45, 7) is 8.17. The van der Waals surface area contributed by atoms with Crippen LogP contribution in [0.3, 0.4) is 0 Å². The molecule has 1 heterocycles. The number of hydrogen-bond donors (Lipinski definition) is 0. The van der Waals surface area contributed by atoms with Crippen LogP contribution < -0.4 is 5.56 Å². The average Bonchev–Trinajstić information content (AvgIpc) is 2.74. The Morgan fingerprint density at radius 3 is 2.53 bits per heavy atom. The molecule has 0 aliphatic heterocycles. The van der Waals surface area contributed by atoms with Crippen molar-refractivity contribution >= 4 is 51.8 Å². The van der Waals surface area contributed by atoms with Crippen molar-refractivity contribution in [1.29, 1.82) is 0 Å². The van der Waals surface area contributed by atoms with Gasteiger partial charge in [-0.1, -0.05) is 59.2 Å². The number of para-hydroxylation sites is 1. The van der Waals surface area contributed by atoms with Crippen molar-refractivity contribution in [1.82, 2.24) is 14.5 Å². The zero-order chi connectivity index (χ0) is 21.7. The second-order valence-electron chi connectivity index (χ2n) is 6.31. The fourth-order valence-corrected chi connectivity index (χ4v) is 4.16. The molecule has 0 saturated heterocycles. The molecule has 0 bridgehead atoms. The highest BCUT2D eigenvalue weighted by Crippen LogP contribution is 2.28. The van der Waals surface area contributed by atoms with Crippen LogP contribution in [0.5, 0.6) is 0 Å². The molecule has 0 fully saturated rings. The highest BCUT2D eigenvalue weighted by atomic mass is 35.5. The maximum absolute atomic E-state index is 13.3. The van der Waals surface area contributed by atoms with Gasteiger partial charge in [-0.15, -0.1) is 13.2 Å². The number of rotatable bonds is 8. The summed E-state index contributed by atoms with van der Waals surface area (Å²) in [7, 11) is 0. The van der Waals surface area contributed by atoms with Gasteiger partial charge in [-0.3, -0.25) is 14.2 Å². The summed E-state index contributed by atoms with van der Waals surface area (Å²) < 4.78 is 1.40. The minimum atomic E-state index is -0.284. The first kappa shape index (κ1) is 22.2. The lowest BCUT2D eigenvalue weighted by atomic mass is 10.2. The first-order chi connectivity index (χ1) is 14.5. The number of benzene rings is 2. The van der Waals surface area contributed by atoms with Crippen molar-refractivity contribution in [3.05, 3.63) is 88.2 Å². The van der Waals surface area contributed by atoms with Gasteiger partial charge in [0, 0.05) is 18.1 Å². The van der Waals surface area contributed by atoms with Gasteiger partial charge >= 0.3 is 0 Å². The maximum Gasteiger partial charge on any atom is 0.266 e. The highest BCUT2D eigenvalue weighted by Gasteiger charge is 2.18. The quantitative estimate of drug-likeness (QED) is 0.270. The van der Waals surface area contributed by atoms with Gasteiger partial charge in [-0.25, -0.2) is 4.98 Å². The summed E-state index contributed by atoms with van der Waals surface area (Å²) in [4.78, 5) is 32.2.